The van der Waals surface area contributed by atoms with Gasteiger partial charge in [-0.25, -0.2) is 0 Å². The van der Waals surface area contributed by atoms with Gasteiger partial charge in [-0.1, -0.05) is 30.0 Å². The fraction of sp³-hybridized carbons (Fsp3) is 0.0667. The summed E-state index contributed by atoms with van der Waals surface area (Å²) in [5, 5.41) is 21.0. The average molecular weight is 328 g/mol. The van der Waals surface area contributed by atoms with Crippen LogP contribution in [0, 0.1) is 17.0 Å². The predicted octanol–water partition coefficient (Wildman–Crippen LogP) is 3.84. The molecule has 3 aromatic rings. The Morgan fingerprint density at radius 2 is 2.13 bits per heavy atom. The standard InChI is InChI=1S/C15H12N4O3S/c1-11-4-2-3-5-13(11)18-10-16-17-15(18)23-9-8-12-6-7-14(22-12)19(20)21/h2-10H,1H3/b9-8+. The van der Waals surface area contributed by atoms with E-state index in [2.05, 4.69) is 10.2 Å². The number of rotatable bonds is 5. The molecule has 8 heteroatoms. The molecule has 0 N–H and O–H groups in total. The van der Waals surface area contributed by atoms with Crippen molar-refractivity contribution in [1.82, 2.24) is 14.8 Å². The second-order valence-corrected chi connectivity index (χ2v) is 5.50. The lowest BCUT2D eigenvalue weighted by Gasteiger charge is -2.07. The van der Waals surface area contributed by atoms with Crippen molar-refractivity contribution < 1.29 is 9.34 Å². The largest absolute Gasteiger partial charge is 0.433 e. The van der Waals surface area contributed by atoms with Crippen LogP contribution in [-0.4, -0.2) is 19.7 Å². The van der Waals surface area contributed by atoms with E-state index in [1.54, 1.807) is 23.9 Å². The summed E-state index contributed by atoms with van der Waals surface area (Å²) in [6.45, 7) is 2.02. The van der Waals surface area contributed by atoms with E-state index < -0.39 is 4.92 Å². The van der Waals surface area contributed by atoms with Gasteiger partial charge in [0.1, 0.15) is 17.0 Å². The van der Waals surface area contributed by atoms with Crippen LogP contribution >= 0.6 is 11.8 Å². The minimum Gasteiger partial charge on any atom is -0.401 e. The summed E-state index contributed by atoms with van der Waals surface area (Å²) in [7, 11) is 0. The number of hydrogen-bond donors (Lipinski definition) is 0. The number of aryl methyl sites for hydroxylation is 1. The lowest BCUT2D eigenvalue weighted by Crippen LogP contribution is -1.96. The Balaban J connectivity index is 1.77. The van der Waals surface area contributed by atoms with E-state index in [4.69, 9.17) is 4.42 Å². The lowest BCUT2D eigenvalue weighted by molar-refractivity contribution is -0.402. The normalized spacial score (nSPS) is 11.2. The topological polar surface area (TPSA) is 87.0 Å². The highest BCUT2D eigenvalue weighted by atomic mass is 32.2. The summed E-state index contributed by atoms with van der Waals surface area (Å²) in [6, 6.07) is 10.8. The van der Waals surface area contributed by atoms with Crippen LogP contribution in [0.2, 0.25) is 0 Å². The number of furan rings is 1. The maximum Gasteiger partial charge on any atom is 0.433 e. The van der Waals surface area contributed by atoms with Gasteiger partial charge in [-0.3, -0.25) is 14.7 Å². The molecular weight excluding hydrogens is 316 g/mol. The van der Waals surface area contributed by atoms with Crippen LogP contribution < -0.4 is 0 Å². The fourth-order valence-corrected chi connectivity index (χ4v) is 2.67. The first-order chi connectivity index (χ1) is 11.1. The van der Waals surface area contributed by atoms with E-state index in [9.17, 15) is 10.1 Å². The summed E-state index contributed by atoms with van der Waals surface area (Å²) < 4.78 is 6.94. The van der Waals surface area contributed by atoms with E-state index in [0.29, 0.717) is 10.9 Å². The Morgan fingerprint density at radius 1 is 1.30 bits per heavy atom. The first-order valence-corrected chi connectivity index (χ1v) is 7.56. The first-order valence-electron chi connectivity index (χ1n) is 6.68. The van der Waals surface area contributed by atoms with Gasteiger partial charge in [0.05, 0.1) is 11.8 Å². The fourth-order valence-electron chi connectivity index (χ4n) is 2.00. The zero-order chi connectivity index (χ0) is 16.2. The van der Waals surface area contributed by atoms with Crippen molar-refractivity contribution in [3.05, 3.63) is 69.6 Å². The predicted molar refractivity (Wildman–Crippen MR) is 86.3 cm³/mol. The van der Waals surface area contributed by atoms with Crippen LogP contribution in [0.25, 0.3) is 11.8 Å². The highest BCUT2D eigenvalue weighted by Gasteiger charge is 2.10. The van der Waals surface area contributed by atoms with Gasteiger partial charge >= 0.3 is 5.88 Å². The zero-order valence-corrected chi connectivity index (χ0v) is 12.9. The Morgan fingerprint density at radius 3 is 2.87 bits per heavy atom. The highest BCUT2D eigenvalue weighted by molar-refractivity contribution is 8.02. The van der Waals surface area contributed by atoms with E-state index in [1.165, 1.54) is 17.8 Å². The molecule has 0 aliphatic rings. The van der Waals surface area contributed by atoms with Crippen LogP contribution in [0.1, 0.15) is 11.3 Å². The van der Waals surface area contributed by atoms with Crippen molar-refractivity contribution in [2.75, 3.05) is 0 Å². The van der Waals surface area contributed by atoms with Gasteiger partial charge in [0, 0.05) is 0 Å². The van der Waals surface area contributed by atoms with E-state index in [0.717, 1.165) is 11.3 Å². The van der Waals surface area contributed by atoms with Crippen LogP contribution in [-0.2, 0) is 0 Å². The Labute approximate surface area is 135 Å². The SMILES string of the molecule is Cc1ccccc1-n1cnnc1S/C=C/c1ccc([N+](=O)[O-])o1. The van der Waals surface area contributed by atoms with Crippen LogP contribution in [0.3, 0.4) is 0 Å². The van der Waals surface area contributed by atoms with Crippen LogP contribution in [0.4, 0.5) is 5.88 Å². The molecular formula is C15H12N4O3S. The summed E-state index contributed by atoms with van der Waals surface area (Å²) >= 11 is 1.35. The monoisotopic (exact) mass is 328 g/mol. The summed E-state index contributed by atoms with van der Waals surface area (Å²) in [5.74, 6) is 0.129. The molecule has 3 rings (SSSR count). The molecule has 0 saturated heterocycles. The lowest BCUT2D eigenvalue weighted by atomic mass is 10.2. The number of benzene rings is 1. The molecule has 2 heterocycles. The molecule has 0 bridgehead atoms. The number of aromatic nitrogens is 3. The molecule has 0 fully saturated rings. The second-order valence-electron chi connectivity index (χ2n) is 4.62. The van der Waals surface area contributed by atoms with Crippen molar-refractivity contribution in [3.63, 3.8) is 0 Å². The van der Waals surface area contributed by atoms with E-state index in [1.807, 2.05) is 35.8 Å². The third kappa shape index (κ3) is 3.32. The van der Waals surface area contributed by atoms with Gasteiger partial charge in [0.25, 0.3) is 0 Å². The van der Waals surface area contributed by atoms with Gasteiger partial charge in [0.2, 0.25) is 0 Å². The Hall–Kier alpha value is -2.87. The molecule has 116 valence electrons. The molecule has 0 aliphatic carbocycles. The van der Waals surface area contributed by atoms with Crippen molar-refractivity contribution in [2.45, 2.75) is 12.1 Å². The summed E-state index contributed by atoms with van der Waals surface area (Å²) in [5.41, 5.74) is 2.11. The third-order valence-corrected chi connectivity index (χ3v) is 3.85. The maximum atomic E-state index is 10.6. The first kappa shape index (κ1) is 15.0. The highest BCUT2D eigenvalue weighted by Crippen LogP contribution is 2.24. The van der Waals surface area contributed by atoms with Crippen LogP contribution in [0.15, 0.2) is 57.7 Å². The molecule has 2 aromatic heterocycles. The molecule has 23 heavy (non-hydrogen) atoms. The van der Waals surface area contributed by atoms with Crippen molar-refractivity contribution in [2.24, 2.45) is 0 Å². The minimum absolute atomic E-state index is 0.280. The number of hydrogen-bond acceptors (Lipinski definition) is 6. The van der Waals surface area contributed by atoms with Crippen molar-refractivity contribution in [1.29, 1.82) is 0 Å². The Bertz CT molecular complexity index is 869. The van der Waals surface area contributed by atoms with Crippen molar-refractivity contribution >= 4 is 23.7 Å². The Kier molecular flexibility index (Phi) is 4.24. The number of nitro groups is 1. The summed E-state index contributed by atoms with van der Waals surface area (Å²) in [6.07, 6.45) is 3.30. The molecule has 0 radical (unpaired) electrons. The summed E-state index contributed by atoms with van der Waals surface area (Å²) in [4.78, 5) is 10.00. The van der Waals surface area contributed by atoms with E-state index in [-0.39, 0.29) is 5.88 Å². The molecule has 0 aliphatic heterocycles. The minimum atomic E-state index is -0.570. The molecule has 0 amide bonds. The number of nitrogens with zero attached hydrogens (tertiary/aromatic N) is 4. The molecule has 7 nitrogen and oxygen atoms in total. The molecule has 0 atom stereocenters. The van der Waals surface area contributed by atoms with Gasteiger partial charge in [-0.15, -0.1) is 10.2 Å². The van der Waals surface area contributed by atoms with Gasteiger partial charge in [0.15, 0.2) is 5.16 Å². The molecule has 0 spiro atoms. The second kappa shape index (κ2) is 6.49. The smallest absolute Gasteiger partial charge is 0.401 e. The third-order valence-electron chi connectivity index (χ3n) is 3.09. The number of para-hydroxylation sites is 1. The average Bonchev–Trinajstić information content (AvgIpc) is 3.17. The number of thioether (sulfide) groups is 1. The van der Waals surface area contributed by atoms with Crippen molar-refractivity contribution in [3.8, 4) is 5.69 Å². The quantitative estimate of drug-likeness (QED) is 0.402. The van der Waals surface area contributed by atoms with Gasteiger partial charge < -0.3 is 4.42 Å². The van der Waals surface area contributed by atoms with Gasteiger partial charge in [-0.2, -0.15) is 0 Å². The van der Waals surface area contributed by atoms with Crippen LogP contribution in [0.5, 0.6) is 0 Å². The molecule has 0 unspecified atom stereocenters. The molecule has 1 aromatic carbocycles. The maximum absolute atomic E-state index is 10.6. The van der Waals surface area contributed by atoms with E-state index >= 15 is 0 Å². The molecule has 0 saturated carbocycles. The van der Waals surface area contributed by atoms with Gasteiger partial charge in [-0.05, 0) is 36.1 Å². The zero-order valence-electron chi connectivity index (χ0n) is 12.1.